The number of H-pyrrole nitrogens is 1. The maximum absolute atomic E-state index is 12.4. The second-order valence-electron chi connectivity index (χ2n) is 7.27. The van der Waals surface area contributed by atoms with E-state index in [4.69, 9.17) is 0 Å². The third kappa shape index (κ3) is 3.51. The number of pyridine rings is 1. The summed E-state index contributed by atoms with van der Waals surface area (Å²) in [6, 6.07) is 16.0. The Hall–Kier alpha value is -2.92. The molecule has 1 fully saturated rings. The minimum atomic E-state index is -0.0637. The molecule has 3 aromatic rings. The number of aromatic nitrogens is 1. The first-order valence-corrected chi connectivity index (χ1v) is 9.19. The lowest BCUT2D eigenvalue weighted by Gasteiger charge is -2.31. The molecule has 5 nitrogen and oxygen atoms in total. The van der Waals surface area contributed by atoms with Crippen LogP contribution in [0.3, 0.4) is 0 Å². The number of aryl methyl sites for hydroxylation is 1. The lowest BCUT2D eigenvalue weighted by Crippen LogP contribution is -2.47. The van der Waals surface area contributed by atoms with Crippen LogP contribution in [-0.4, -0.2) is 47.4 Å². The fourth-order valence-electron chi connectivity index (χ4n) is 3.59. The summed E-state index contributed by atoms with van der Waals surface area (Å²) in [5.74, 6) is 0.168. The number of carbonyl (C=O) groups excluding carboxylic acids is 1. The number of fused-ring (bicyclic) bond motifs is 1. The Kier molecular flexibility index (Phi) is 4.54. The van der Waals surface area contributed by atoms with Crippen molar-refractivity contribution in [3.63, 3.8) is 0 Å². The number of piperazine rings is 1. The van der Waals surface area contributed by atoms with Gasteiger partial charge in [-0.15, -0.1) is 0 Å². The largest absolute Gasteiger partial charge is 0.343 e. The average Bonchev–Trinajstić information content (AvgIpc) is 2.66. The van der Waals surface area contributed by atoms with Crippen molar-refractivity contribution >= 4 is 16.7 Å². The van der Waals surface area contributed by atoms with Crippen LogP contribution in [0.1, 0.15) is 11.1 Å². The highest BCUT2D eigenvalue weighted by molar-refractivity contribution is 5.87. The molecule has 4 rings (SSSR count). The third-order valence-corrected chi connectivity index (χ3v) is 5.31. The number of hydrogen-bond donors (Lipinski definition) is 1. The molecule has 0 aliphatic carbocycles. The van der Waals surface area contributed by atoms with Crippen LogP contribution in [-0.2, 0) is 11.3 Å². The van der Waals surface area contributed by atoms with Gasteiger partial charge in [-0.2, -0.15) is 0 Å². The van der Waals surface area contributed by atoms with Crippen LogP contribution in [0.15, 0.2) is 53.3 Å². The maximum Gasteiger partial charge on any atom is 0.256 e. The van der Waals surface area contributed by atoms with Crippen LogP contribution in [0.5, 0.6) is 0 Å². The molecule has 0 saturated carbocycles. The van der Waals surface area contributed by atoms with Crippen LogP contribution in [0.2, 0.25) is 0 Å². The molecule has 0 radical (unpaired) electrons. The van der Waals surface area contributed by atoms with E-state index in [2.05, 4.69) is 22.0 Å². The molecule has 0 atom stereocenters. The van der Waals surface area contributed by atoms with Crippen LogP contribution >= 0.6 is 0 Å². The van der Waals surface area contributed by atoms with Gasteiger partial charge < -0.3 is 9.88 Å². The Labute approximate surface area is 158 Å². The quantitative estimate of drug-likeness (QED) is 0.780. The lowest BCUT2D eigenvalue weighted by molar-refractivity contribution is -0.134. The molecule has 5 heteroatoms. The molecule has 2 aromatic carbocycles. The van der Waals surface area contributed by atoms with Gasteiger partial charge >= 0.3 is 0 Å². The molecule has 0 bridgehead atoms. The molecule has 1 aromatic heterocycles. The van der Waals surface area contributed by atoms with Gasteiger partial charge in [0.1, 0.15) is 0 Å². The summed E-state index contributed by atoms with van der Waals surface area (Å²) in [4.78, 5) is 31.2. The normalized spacial score (nSPS) is 15.5. The number of amides is 1. The molecule has 1 aliphatic rings. The van der Waals surface area contributed by atoms with Gasteiger partial charge in [0, 0.05) is 37.8 Å². The first-order valence-electron chi connectivity index (χ1n) is 9.19. The van der Waals surface area contributed by atoms with E-state index < -0.39 is 0 Å². The Morgan fingerprint density at radius 1 is 1.00 bits per heavy atom. The van der Waals surface area contributed by atoms with Crippen molar-refractivity contribution in [2.45, 2.75) is 13.5 Å². The van der Waals surface area contributed by atoms with Gasteiger partial charge in [-0.05, 0) is 41.1 Å². The van der Waals surface area contributed by atoms with Gasteiger partial charge in [-0.25, -0.2) is 0 Å². The van der Waals surface area contributed by atoms with Crippen molar-refractivity contribution in [1.82, 2.24) is 14.8 Å². The predicted molar refractivity (Wildman–Crippen MR) is 108 cm³/mol. The number of likely N-dealkylation sites (N-methyl/N-ethyl adjacent to an activating group) is 1. The second kappa shape index (κ2) is 7.00. The molecule has 0 unspecified atom stereocenters. The number of benzene rings is 2. The van der Waals surface area contributed by atoms with Gasteiger partial charge in [0.15, 0.2) is 0 Å². The summed E-state index contributed by atoms with van der Waals surface area (Å²) in [5.41, 5.74) is 4.00. The van der Waals surface area contributed by atoms with Crippen molar-refractivity contribution in [3.8, 4) is 11.3 Å². The highest BCUT2D eigenvalue weighted by Gasteiger charge is 2.20. The minimum Gasteiger partial charge on any atom is -0.343 e. The predicted octanol–water partition coefficient (Wildman–Crippen LogP) is 2.78. The maximum atomic E-state index is 12.4. The van der Waals surface area contributed by atoms with Crippen molar-refractivity contribution in [2.24, 2.45) is 0 Å². The molecule has 0 spiro atoms. The number of hydrogen-bond acceptors (Lipinski definition) is 3. The monoisotopic (exact) mass is 361 g/mol. The first kappa shape index (κ1) is 17.5. The zero-order chi connectivity index (χ0) is 19.0. The Morgan fingerprint density at radius 2 is 1.78 bits per heavy atom. The fourth-order valence-corrected chi connectivity index (χ4v) is 3.59. The lowest BCUT2D eigenvalue weighted by atomic mass is 10.0. The number of nitrogens with zero attached hydrogens (tertiary/aromatic N) is 2. The molecular formula is C22H23N3O2. The van der Waals surface area contributed by atoms with E-state index in [0.29, 0.717) is 6.54 Å². The fraction of sp³-hybridized carbons (Fsp3) is 0.273. The van der Waals surface area contributed by atoms with Crippen LogP contribution in [0.25, 0.3) is 22.0 Å². The third-order valence-electron chi connectivity index (χ3n) is 5.31. The van der Waals surface area contributed by atoms with E-state index in [-0.39, 0.29) is 11.5 Å². The molecule has 1 amide bonds. The smallest absolute Gasteiger partial charge is 0.256 e. The SMILES string of the molecule is Cc1cccc2c(=O)[nH]c(-c3ccc(CN4CCN(C)C(=O)C4)cc3)cc12. The van der Waals surface area contributed by atoms with Gasteiger partial charge in [0.25, 0.3) is 5.56 Å². The molecule has 1 N–H and O–H groups in total. The van der Waals surface area contributed by atoms with Crippen molar-refractivity contribution in [1.29, 1.82) is 0 Å². The highest BCUT2D eigenvalue weighted by Crippen LogP contribution is 2.23. The number of rotatable bonds is 3. The second-order valence-corrected chi connectivity index (χ2v) is 7.27. The molecule has 1 aliphatic heterocycles. The number of aromatic amines is 1. The molecule has 2 heterocycles. The Morgan fingerprint density at radius 3 is 2.52 bits per heavy atom. The van der Waals surface area contributed by atoms with E-state index in [1.807, 2.05) is 50.4 Å². The van der Waals surface area contributed by atoms with E-state index >= 15 is 0 Å². The standard InChI is InChI=1S/C22H23N3O2/c1-15-4-3-5-18-19(15)12-20(23-22(18)27)17-8-6-16(7-9-17)13-25-11-10-24(2)21(26)14-25/h3-9,12H,10-11,13-14H2,1-2H3,(H,23,27). The average molecular weight is 361 g/mol. The summed E-state index contributed by atoms with van der Waals surface area (Å²) < 4.78 is 0. The Balaban J connectivity index is 1.57. The van der Waals surface area contributed by atoms with Crippen LogP contribution < -0.4 is 5.56 Å². The van der Waals surface area contributed by atoms with E-state index in [1.165, 1.54) is 0 Å². The summed E-state index contributed by atoms with van der Waals surface area (Å²) >= 11 is 0. The minimum absolute atomic E-state index is 0.0637. The summed E-state index contributed by atoms with van der Waals surface area (Å²) in [5, 5.41) is 1.70. The Bertz CT molecular complexity index is 1050. The molecule has 1 saturated heterocycles. The number of carbonyl (C=O) groups is 1. The van der Waals surface area contributed by atoms with Crippen LogP contribution in [0, 0.1) is 6.92 Å². The van der Waals surface area contributed by atoms with Gasteiger partial charge in [-0.3, -0.25) is 14.5 Å². The van der Waals surface area contributed by atoms with Crippen molar-refractivity contribution in [2.75, 3.05) is 26.7 Å². The topological polar surface area (TPSA) is 56.4 Å². The van der Waals surface area contributed by atoms with Crippen LogP contribution in [0.4, 0.5) is 0 Å². The summed E-state index contributed by atoms with van der Waals surface area (Å²) in [6.07, 6.45) is 0. The van der Waals surface area contributed by atoms with E-state index in [1.54, 1.807) is 4.90 Å². The van der Waals surface area contributed by atoms with E-state index in [9.17, 15) is 9.59 Å². The zero-order valence-electron chi connectivity index (χ0n) is 15.7. The van der Waals surface area contributed by atoms with Crippen molar-refractivity contribution < 1.29 is 4.79 Å². The van der Waals surface area contributed by atoms with Gasteiger partial charge in [0.05, 0.1) is 6.54 Å². The number of nitrogens with one attached hydrogen (secondary N) is 1. The highest BCUT2D eigenvalue weighted by atomic mass is 16.2. The molecule has 138 valence electrons. The summed E-state index contributed by atoms with van der Waals surface area (Å²) in [7, 11) is 1.85. The summed E-state index contributed by atoms with van der Waals surface area (Å²) in [6.45, 7) is 4.91. The van der Waals surface area contributed by atoms with E-state index in [0.717, 1.165) is 52.8 Å². The van der Waals surface area contributed by atoms with Gasteiger partial charge in [0.2, 0.25) is 5.91 Å². The zero-order valence-corrected chi connectivity index (χ0v) is 15.7. The molecule has 27 heavy (non-hydrogen) atoms. The van der Waals surface area contributed by atoms with Gasteiger partial charge in [-0.1, -0.05) is 36.4 Å². The molecular weight excluding hydrogens is 338 g/mol. The van der Waals surface area contributed by atoms with Crippen molar-refractivity contribution in [3.05, 3.63) is 70.0 Å². The first-order chi connectivity index (χ1) is 13.0.